The lowest BCUT2D eigenvalue weighted by molar-refractivity contribution is 0.0892. The molecule has 18 heavy (non-hydrogen) atoms. The minimum Gasteiger partial charge on any atom is -0.494 e. The van der Waals surface area contributed by atoms with Crippen LogP contribution >= 0.6 is 0 Å². The van der Waals surface area contributed by atoms with E-state index in [1.165, 1.54) is 19.2 Å². The molecular weight excluding hydrogens is 237 g/mol. The molecule has 1 aromatic carbocycles. The van der Waals surface area contributed by atoms with Crippen LogP contribution in [0.25, 0.3) is 0 Å². The summed E-state index contributed by atoms with van der Waals surface area (Å²) in [5.74, 6) is -1.17. The number of benzene rings is 1. The lowest BCUT2D eigenvalue weighted by atomic mass is 10.0. The van der Waals surface area contributed by atoms with Crippen LogP contribution in [0.3, 0.4) is 0 Å². The van der Waals surface area contributed by atoms with Gasteiger partial charge in [0.2, 0.25) is 0 Å². The van der Waals surface area contributed by atoms with Gasteiger partial charge < -0.3 is 15.2 Å². The van der Waals surface area contributed by atoms with E-state index in [4.69, 9.17) is 9.84 Å². The number of nitrogens with one attached hydrogen (secondary N) is 1. The van der Waals surface area contributed by atoms with Gasteiger partial charge in [-0.25, -0.2) is 4.39 Å². The van der Waals surface area contributed by atoms with Crippen molar-refractivity contribution in [3.05, 3.63) is 29.6 Å². The Balaban J connectivity index is 2.91. The number of halogens is 1. The van der Waals surface area contributed by atoms with Gasteiger partial charge in [0, 0.05) is 0 Å². The summed E-state index contributed by atoms with van der Waals surface area (Å²) in [6.07, 6.45) is 0. The zero-order valence-electron chi connectivity index (χ0n) is 10.7. The largest absolute Gasteiger partial charge is 0.494 e. The van der Waals surface area contributed by atoms with Crippen molar-refractivity contribution in [2.75, 3.05) is 13.7 Å². The molecule has 0 fully saturated rings. The van der Waals surface area contributed by atoms with Crippen molar-refractivity contribution >= 4 is 5.91 Å². The number of hydrogen-bond donors (Lipinski definition) is 2. The summed E-state index contributed by atoms with van der Waals surface area (Å²) in [6.45, 7) is 3.54. The van der Waals surface area contributed by atoms with Gasteiger partial charge in [0.1, 0.15) is 0 Å². The number of aliphatic hydroxyl groups is 1. The summed E-state index contributed by atoms with van der Waals surface area (Å²) in [5, 5.41) is 11.7. The molecule has 2 N–H and O–H groups in total. The molecule has 0 aliphatic rings. The Kier molecular flexibility index (Phi) is 5.09. The highest BCUT2D eigenvalue weighted by atomic mass is 19.1. The fourth-order valence-corrected chi connectivity index (χ4v) is 1.51. The van der Waals surface area contributed by atoms with Crippen LogP contribution in [0.15, 0.2) is 18.2 Å². The van der Waals surface area contributed by atoms with Crippen LogP contribution in [0.5, 0.6) is 5.75 Å². The summed E-state index contributed by atoms with van der Waals surface area (Å²) in [4.78, 5) is 11.9. The highest BCUT2D eigenvalue weighted by Gasteiger charge is 2.20. The summed E-state index contributed by atoms with van der Waals surface area (Å²) in [7, 11) is 1.34. The van der Waals surface area contributed by atoms with Gasteiger partial charge in [-0.05, 0) is 18.1 Å². The zero-order chi connectivity index (χ0) is 13.7. The number of methoxy groups -OCH3 is 1. The van der Waals surface area contributed by atoms with Crippen molar-refractivity contribution in [2.24, 2.45) is 5.92 Å². The fraction of sp³-hybridized carbons (Fsp3) is 0.462. The molecule has 0 spiro atoms. The van der Waals surface area contributed by atoms with Crippen molar-refractivity contribution in [1.29, 1.82) is 0 Å². The summed E-state index contributed by atoms with van der Waals surface area (Å²) < 4.78 is 18.6. The van der Waals surface area contributed by atoms with Crippen LogP contribution in [-0.4, -0.2) is 30.8 Å². The second-order valence-electron chi connectivity index (χ2n) is 4.33. The maximum absolute atomic E-state index is 13.8. The minimum absolute atomic E-state index is 0.0211. The molecule has 4 nitrogen and oxygen atoms in total. The quantitative estimate of drug-likeness (QED) is 0.840. The normalized spacial score (nSPS) is 12.3. The molecule has 0 bridgehead atoms. The zero-order valence-corrected chi connectivity index (χ0v) is 10.7. The van der Waals surface area contributed by atoms with Gasteiger partial charge >= 0.3 is 0 Å². The number of amides is 1. The second-order valence-corrected chi connectivity index (χ2v) is 4.33. The lowest BCUT2D eigenvalue weighted by Crippen LogP contribution is -2.41. The SMILES string of the molecule is COc1cccc(C(=O)N[C@H](CO)C(C)C)c1F. The maximum Gasteiger partial charge on any atom is 0.254 e. The predicted octanol–water partition coefficient (Wildman–Crippen LogP) is 1.58. The summed E-state index contributed by atoms with van der Waals surface area (Å²) >= 11 is 0. The number of carbonyl (C=O) groups excluding carboxylic acids is 1. The Labute approximate surface area is 106 Å². The molecular formula is C13H18FNO3. The molecule has 1 rings (SSSR count). The molecule has 0 radical (unpaired) electrons. The van der Waals surface area contributed by atoms with E-state index in [1.54, 1.807) is 6.07 Å². The van der Waals surface area contributed by atoms with Crippen LogP contribution in [0.1, 0.15) is 24.2 Å². The highest BCUT2D eigenvalue weighted by Crippen LogP contribution is 2.20. The van der Waals surface area contributed by atoms with Gasteiger partial charge in [-0.1, -0.05) is 19.9 Å². The molecule has 0 aromatic heterocycles. The Hall–Kier alpha value is -1.62. The van der Waals surface area contributed by atoms with Crippen molar-refractivity contribution in [3.63, 3.8) is 0 Å². The Morgan fingerprint density at radius 1 is 1.50 bits per heavy atom. The first kappa shape index (κ1) is 14.4. The molecule has 100 valence electrons. The molecule has 0 unspecified atom stereocenters. The van der Waals surface area contributed by atoms with Crippen molar-refractivity contribution in [2.45, 2.75) is 19.9 Å². The minimum atomic E-state index is -0.696. The second kappa shape index (κ2) is 6.35. The highest BCUT2D eigenvalue weighted by molar-refractivity contribution is 5.95. The molecule has 0 aliphatic heterocycles. The standard InChI is InChI=1S/C13H18FNO3/c1-8(2)10(7-16)15-13(17)9-5-4-6-11(18-3)12(9)14/h4-6,8,10,16H,7H2,1-3H3,(H,15,17)/t10-/m1/s1. The third-order valence-electron chi connectivity index (χ3n) is 2.75. The monoisotopic (exact) mass is 255 g/mol. The van der Waals surface area contributed by atoms with Gasteiger partial charge in [0.15, 0.2) is 11.6 Å². The van der Waals surface area contributed by atoms with Crippen LogP contribution in [0, 0.1) is 11.7 Å². The van der Waals surface area contributed by atoms with E-state index >= 15 is 0 Å². The number of aliphatic hydroxyl groups excluding tert-OH is 1. The molecule has 0 saturated heterocycles. The molecule has 0 saturated carbocycles. The van der Waals surface area contributed by atoms with Gasteiger partial charge in [-0.3, -0.25) is 4.79 Å². The van der Waals surface area contributed by atoms with E-state index in [-0.39, 0.29) is 23.8 Å². The van der Waals surface area contributed by atoms with E-state index in [1.807, 2.05) is 13.8 Å². The Morgan fingerprint density at radius 2 is 2.17 bits per heavy atom. The molecule has 0 aliphatic carbocycles. The molecule has 0 heterocycles. The van der Waals surface area contributed by atoms with Crippen molar-refractivity contribution < 1.29 is 19.0 Å². The summed E-state index contributed by atoms with van der Waals surface area (Å²) in [6, 6.07) is 3.96. The predicted molar refractivity (Wildman–Crippen MR) is 66.1 cm³/mol. The lowest BCUT2D eigenvalue weighted by Gasteiger charge is -2.20. The molecule has 5 heteroatoms. The van der Waals surface area contributed by atoms with Crippen LogP contribution < -0.4 is 10.1 Å². The fourth-order valence-electron chi connectivity index (χ4n) is 1.51. The van der Waals surface area contributed by atoms with Gasteiger partial charge in [-0.15, -0.1) is 0 Å². The van der Waals surface area contributed by atoms with E-state index in [9.17, 15) is 9.18 Å². The Morgan fingerprint density at radius 3 is 2.67 bits per heavy atom. The smallest absolute Gasteiger partial charge is 0.254 e. The van der Waals surface area contributed by atoms with Crippen molar-refractivity contribution in [3.8, 4) is 5.75 Å². The molecule has 1 aromatic rings. The van der Waals surface area contributed by atoms with Gasteiger partial charge in [0.25, 0.3) is 5.91 Å². The summed E-state index contributed by atoms with van der Waals surface area (Å²) in [5.41, 5.74) is -0.0894. The average molecular weight is 255 g/mol. The van der Waals surface area contributed by atoms with E-state index < -0.39 is 17.8 Å². The Bertz CT molecular complexity index is 421. The maximum atomic E-state index is 13.8. The van der Waals surface area contributed by atoms with Crippen LogP contribution in [0.2, 0.25) is 0 Å². The van der Waals surface area contributed by atoms with Gasteiger partial charge in [-0.2, -0.15) is 0 Å². The van der Waals surface area contributed by atoms with Crippen molar-refractivity contribution in [1.82, 2.24) is 5.32 Å². The average Bonchev–Trinajstić information content (AvgIpc) is 2.35. The molecule has 1 atom stereocenters. The molecule has 1 amide bonds. The third kappa shape index (κ3) is 3.20. The van der Waals surface area contributed by atoms with E-state index in [2.05, 4.69) is 5.32 Å². The van der Waals surface area contributed by atoms with Gasteiger partial charge in [0.05, 0.1) is 25.3 Å². The van der Waals surface area contributed by atoms with E-state index in [0.29, 0.717) is 0 Å². The van der Waals surface area contributed by atoms with Crippen LogP contribution in [0.4, 0.5) is 4.39 Å². The first-order valence-electron chi connectivity index (χ1n) is 5.75. The number of carbonyl (C=O) groups is 1. The first-order valence-corrected chi connectivity index (χ1v) is 5.75. The number of rotatable bonds is 5. The number of hydrogen-bond acceptors (Lipinski definition) is 3. The van der Waals surface area contributed by atoms with E-state index in [0.717, 1.165) is 0 Å². The third-order valence-corrected chi connectivity index (χ3v) is 2.75. The first-order chi connectivity index (χ1) is 8.51. The van der Waals surface area contributed by atoms with Crippen LogP contribution in [-0.2, 0) is 0 Å². The topological polar surface area (TPSA) is 58.6 Å². The number of ether oxygens (including phenoxy) is 1.